The van der Waals surface area contributed by atoms with Gasteiger partial charge in [-0.1, -0.05) is 30.3 Å². The van der Waals surface area contributed by atoms with Crippen molar-refractivity contribution in [3.8, 4) is 11.1 Å². The first kappa shape index (κ1) is 20.9. The van der Waals surface area contributed by atoms with E-state index in [2.05, 4.69) is 47.0 Å². The molecule has 30 heavy (non-hydrogen) atoms. The van der Waals surface area contributed by atoms with Crippen molar-refractivity contribution in [1.29, 1.82) is 0 Å². The summed E-state index contributed by atoms with van der Waals surface area (Å²) < 4.78 is 0. The Hall–Kier alpha value is -2.37. The van der Waals surface area contributed by atoms with Gasteiger partial charge in [-0.05, 0) is 72.7 Å². The van der Waals surface area contributed by atoms with Gasteiger partial charge in [0.2, 0.25) is 11.8 Å². The molecule has 0 bridgehead atoms. The van der Waals surface area contributed by atoms with E-state index in [4.69, 9.17) is 0 Å². The number of nitrogens with one attached hydrogen (secondary N) is 2. The van der Waals surface area contributed by atoms with E-state index in [-0.39, 0.29) is 30.1 Å². The fourth-order valence-electron chi connectivity index (χ4n) is 4.92. The van der Waals surface area contributed by atoms with E-state index in [1.165, 1.54) is 28.7 Å². The lowest BCUT2D eigenvalue weighted by molar-refractivity contribution is -0.126. The lowest BCUT2D eigenvalue weighted by atomic mass is 9.99. The Labute approximate surface area is 183 Å². The molecule has 0 saturated carbocycles. The van der Waals surface area contributed by atoms with Gasteiger partial charge in [-0.2, -0.15) is 0 Å². The number of halogens is 1. The maximum absolute atomic E-state index is 12.6. The molecule has 2 atom stereocenters. The number of carbonyl (C=O) groups excluding carboxylic acids is 2. The largest absolute Gasteiger partial charge is 0.355 e. The Kier molecular flexibility index (Phi) is 6.11. The number of carbonyl (C=O) groups is 2. The van der Waals surface area contributed by atoms with Crippen LogP contribution in [-0.2, 0) is 16.0 Å². The summed E-state index contributed by atoms with van der Waals surface area (Å²) in [5.41, 5.74) is 6.05. The van der Waals surface area contributed by atoms with E-state index in [1.54, 1.807) is 4.90 Å². The highest BCUT2D eigenvalue weighted by Gasteiger charge is 2.35. The summed E-state index contributed by atoms with van der Waals surface area (Å²) in [4.78, 5) is 27.1. The van der Waals surface area contributed by atoms with Crippen molar-refractivity contribution in [3.05, 3.63) is 53.6 Å². The molecule has 5 rings (SSSR count). The SMILES string of the molecule is Cl.O=C(NCC1CCCNC1)C1CC(=O)N(c2ccc3c(c2)Cc2ccccc2-3)C1. The van der Waals surface area contributed by atoms with Gasteiger partial charge in [0.1, 0.15) is 0 Å². The summed E-state index contributed by atoms with van der Waals surface area (Å²) in [5, 5.41) is 6.46. The number of hydrogen-bond acceptors (Lipinski definition) is 3. The van der Waals surface area contributed by atoms with E-state index in [9.17, 15) is 9.59 Å². The summed E-state index contributed by atoms with van der Waals surface area (Å²) in [6.07, 6.45) is 3.52. The van der Waals surface area contributed by atoms with Crippen LogP contribution in [0.4, 0.5) is 5.69 Å². The first-order valence-corrected chi connectivity index (χ1v) is 10.7. The number of benzene rings is 2. The minimum Gasteiger partial charge on any atom is -0.355 e. The van der Waals surface area contributed by atoms with Gasteiger partial charge in [0, 0.05) is 25.2 Å². The highest BCUT2D eigenvalue weighted by molar-refractivity contribution is 6.00. The third kappa shape index (κ3) is 3.96. The summed E-state index contributed by atoms with van der Waals surface area (Å²) >= 11 is 0. The molecule has 0 spiro atoms. The maximum Gasteiger partial charge on any atom is 0.227 e. The second-order valence-electron chi connectivity index (χ2n) is 8.54. The molecule has 2 fully saturated rings. The van der Waals surface area contributed by atoms with E-state index in [0.717, 1.165) is 31.6 Å². The van der Waals surface area contributed by atoms with Crippen molar-refractivity contribution in [2.75, 3.05) is 31.1 Å². The average molecular weight is 426 g/mol. The normalized spacial score (nSPS) is 22.3. The second-order valence-corrected chi connectivity index (χ2v) is 8.54. The summed E-state index contributed by atoms with van der Waals surface area (Å²) in [6.45, 7) is 3.21. The number of amides is 2. The van der Waals surface area contributed by atoms with Gasteiger partial charge in [0.15, 0.2) is 0 Å². The average Bonchev–Trinajstić information content (AvgIpc) is 3.32. The predicted molar refractivity (Wildman–Crippen MR) is 121 cm³/mol. The van der Waals surface area contributed by atoms with Crippen LogP contribution in [0.15, 0.2) is 42.5 Å². The van der Waals surface area contributed by atoms with Crippen LogP contribution in [0.2, 0.25) is 0 Å². The smallest absolute Gasteiger partial charge is 0.227 e. The van der Waals surface area contributed by atoms with Gasteiger partial charge in [-0.25, -0.2) is 0 Å². The van der Waals surface area contributed by atoms with Gasteiger partial charge < -0.3 is 15.5 Å². The molecular formula is C24H28ClN3O2. The van der Waals surface area contributed by atoms with E-state index < -0.39 is 0 Å². The molecule has 2 aliphatic heterocycles. The van der Waals surface area contributed by atoms with Crippen molar-refractivity contribution in [2.45, 2.75) is 25.7 Å². The molecule has 2 N–H and O–H groups in total. The molecule has 6 heteroatoms. The molecule has 5 nitrogen and oxygen atoms in total. The van der Waals surface area contributed by atoms with Gasteiger partial charge in [-0.15, -0.1) is 12.4 Å². The monoisotopic (exact) mass is 425 g/mol. The number of hydrogen-bond donors (Lipinski definition) is 2. The molecular weight excluding hydrogens is 398 g/mol. The summed E-state index contributed by atoms with van der Waals surface area (Å²) in [5.74, 6) is 0.295. The zero-order valence-corrected chi connectivity index (χ0v) is 17.8. The number of nitrogens with zero attached hydrogens (tertiary/aromatic N) is 1. The Morgan fingerprint density at radius 2 is 1.97 bits per heavy atom. The first-order chi connectivity index (χ1) is 14.2. The van der Waals surface area contributed by atoms with E-state index in [1.807, 2.05) is 6.07 Å². The highest BCUT2D eigenvalue weighted by Crippen LogP contribution is 2.39. The fourth-order valence-corrected chi connectivity index (χ4v) is 4.92. The lowest BCUT2D eigenvalue weighted by Crippen LogP contribution is -2.40. The standard InChI is InChI=1S/C24H27N3O2.ClH/c28-23-12-19(24(29)26-14-16-4-3-9-25-13-16)15-27(23)20-7-8-22-18(11-20)10-17-5-1-2-6-21(17)22;/h1-2,5-8,11,16,19,25H,3-4,9-10,12-15H2,(H,26,29);1H. The van der Waals surface area contributed by atoms with Gasteiger partial charge >= 0.3 is 0 Å². The van der Waals surface area contributed by atoms with Crippen molar-refractivity contribution in [3.63, 3.8) is 0 Å². The van der Waals surface area contributed by atoms with Crippen LogP contribution in [0.3, 0.4) is 0 Å². The van der Waals surface area contributed by atoms with E-state index in [0.29, 0.717) is 25.4 Å². The van der Waals surface area contributed by atoms with Crippen LogP contribution in [0.1, 0.15) is 30.4 Å². The molecule has 1 aliphatic carbocycles. The lowest BCUT2D eigenvalue weighted by Gasteiger charge is -2.23. The Morgan fingerprint density at radius 3 is 2.80 bits per heavy atom. The third-order valence-electron chi connectivity index (χ3n) is 6.55. The Morgan fingerprint density at radius 1 is 1.13 bits per heavy atom. The number of rotatable bonds is 4. The van der Waals surface area contributed by atoms with E-state index >= 15 is 0 Å². The van der Waals surface area contributed by atoms with Crippen molar-refractivity contribution in [1.82, 2.24) is 10.6 Å². The first-order valence-electron chi connectivity index (χ1n) is 10.7. The topological polar surface area (TPSA) is 61.4 Å². The van der Waals surface area contributed by atoms with Crippen LogP contribution < -0.4 is 15.5 Å². The summed E-state index contributed by atoms with van der Waals surface area (Å²) in [7, 11) is 0. The molecule has 2 saturated heterocycles. The minimum absolute atomic E-state index is 0. The molecule has 2 heterocycles. The highest BCUT2D eigenvalue weighted by atomic mass is 35.5. The number of piperidine rings is 1. The van der Waals surface area contributed by atoms with Gasteiger partial charge in [-0.3, -0.25) is 9.59 Å². The summed E-state index contributed by atoms with van der Waals surface area (Å²) in [6, 6.07) is 14.7. The fraction of sp³-hybridized carbons (Fsp3) is 0.417. The van der Waals surface area contributed by atoms with Crippen molar-refractivity contribution in [2.24, 2.45) is 11.8 Å². The molecule has 0 aromatic heterocycles. The molecule has 2 amide bonds. The van der Waals surface area contributed by atoms with Crippen LogP contribution in [-0.4, -0.2) is 38.0 Å². The zero-order valence-electron chi connectivity index (χ0n) is 17.0. The minimum atomic E-state index is -0.260. The third-order valence-corrected chi connectivity index (χ3v) is 6.55. The quantitative estimate of drug-likeness (QED) is 0.675. The predicted octanol–water partition coefficient (Wildman–Crippen LogP) is 3.15. The van der Waals surface area contributed by atoms with Gasteiger partial charge in [0.05, 0.1) is 5.92 Å². The van der Waals surface area contributed by atoms with Crippen LogP contribution in [0, 0.1) is 11.8 Å². The second kappa shape index (κ2) is 8.78. The molecule has 2 aromatic rings. The van der Waals surface area contributed by atoms with Gasteiger partial charge in [0.25, 0.3) is 0 Å². The molecule has 2 aromatic carbocycles. The molecule has 3 aliphatic rings. The Balaban J connectivity index is 0.00000218. The zero-order chi connectivity index (χ0) is 19.8. The number of fused-ring (bicyclic) bond motifs is 3. The van der Waals surface area contributed by atoms with Crippen LogP contribution in [0.25, 0.3) is 11.1 Å². The molecule has 158 valence electrons. The van der Waals surface area contributed by atoms with Crippen LogP contribution >= 0.6 is 12.4 Å². The number of anilines is 1. The van der Waals surface area contributed by atoms with Crippen molar-refractivity contribution < 1.29 is 9.59 Å². The van der Waals surface area contributed by atoms with Crippen LogP contribution in [0.5, 0.6) is 0 Å². The maximum atomic E-state index is 12.6. The van der Waals surface area contributed by atoms with Crippen molar-refractivity contribution >= 4 is 29.9 Å². The molecule has 0 radical (unpaired) electrons. The Bertz CT molecular complexity index is 955. The molecule has 2 unspecified atom stereocenters.